The molecule has 0 bridgehead atoms. The van der Waals surface area contributed by atoms with Gasteiger partial charge in [0.05, 0.1) is 6.04 Å². The zero-order chi connectivity index (χ0) is 11.5. The molecular weight excluding hydrogens is 188 g/mol. The second-order valence-corrected chi connectivity index (χ2v) is 5.43. The van der Waals surface area contributed by atoms with Gasteiger partial charge >= 0.3 is 0 Å². The smallest absolute Gasteiger partial charge is 0.237 e. The molecule has 1 unspecified atom stereocenters. The lowest BCUT2D eigenvalue weighted by atomic mass is 9.70. The van der Waals surface area contributed by atoms with E-state index in [0.29, 0.717) is 5.41 Å². The second kappa shape index (κ2) is 4.97. The van der Waals surface area contributed by atoms with Crippen molar-refractivity contribution in [2.24, 2.45) is 5.41 Å². The zero-order valence-electron chi connectivity index (χ0n) is 10.4. The minimum atomic E-state index is -0.0789. The summed E-state index contributed by atoms with van der Waals surface area (Å²) in [4.78, 5) is 11.6. The summed E-state index contributed by atoms with van der Waals surface area (Å²) in [6.45, 7) is 9.14. The van der Waals surface area contributed by atoms with Crippen molar-refractivity contribution in [3.63, 3.8) is 0 Å². The molecule has 1 aliphatic carbocycles. The van der Waals surface area contributed by atoms with Crippen LogP contribution in [-0.4, -0.2) is 24.5 Å². The lowest BCUT2D eigenvalue weighted by Gasteiger charge is -2.39. The quantitative estimate of drug-likeness (QED) is 0.728. The Morgan fingerprint density at radius 3 is 2.33 bits per heavy atom. The Kier molecular flexibility index (Phi) is 4.14. The van der Waals surface area contributed by atoms with Crippen LogP contribution in [0.4, 0.5) is 0 Å². The number of rotatable bonds is 5. The summed E-state index contributed by atoms with van der Waals surface area (Å²) in [5.41, 5.74) is 0.437. The van der Waals surface area contributed by atoms with E-state index in [4.69, 9.17) is 0 Å². The summed E-state index contributed by atoms with van der Waals surface area (Å²) in [5.74, 6) is 0.105. The molecule has 1 aliphatic rings. The van der Waals surface area contributed by atoms with Crippen molar-refractivity contribution in [1.82, 2.24) is 10.6 Å². The molecule has 3 nitrogen and oxygen atoms in total. The Balaban J connectivity index is 2.22. The summed E-state index contributed by atoms with van der Waals surface area (Å²) >= 11 is 0. The molecule has 0 aromatic heterocycles. The Morgan fingerprint density at radius 2 is 1.93 bits per heavy atom. The SMILES string of the molecule is CC(C)NC(=O)C(C)NCC1(C)CCC1. The lowest BCUT2D eigenvalue weighted by molar-refractivity contribution is -0.123. The molecular formula is C12H24N2O. The van der Waals surface area contributed by atoms with Crippen LogP contribution in [0.5, 0.6) is 0 Å². The van der Waals surface area contributed by atoms with Crippen molar-refractivity contribution in [3.05, 3.63) is 0 Å². The van der Waals surface area contributed by atoms with E-state index < -0.39 is 0 Å². The fraction of sp³-hybridized carbons (Fsp3) is 0.917. The number of amides is 1. The Bertz CT molecular complexity index is 222. The average molecular weight is 212 g/mol. The van der Waals surface area contributed by atoms with Crippen LogP contribution in [0.3, 0.4) is 0 Å². The third-order valence-electron chi connectivity index (χ3n) is 3.22. The molecule has 1 fully saturated rings. The van der Waals surface area contributed by atoms with E-state index in [1.165, 1.54) is 19.3 Å². The topological polar surface area (TPSA) is 41.1 Å². The van der Waals surface area contributed by atoms with Crippen molar-refractivity contribution >= 4 is 5.91 Å². The first kappa shape index (κ1) is 12.5. The monoisotopic (exact) mass is 212 g/mol. The van der Waals surface area contributed by atoms with Gasteiger partial charge in [-0.25, -0.2) is 0 Å². The highest BCUT2D eigenvalue weighted by atomic mass is 16.2. The van der Waals surface area contributed by atoms with E-state index in [0.717, 1.165) is 6.54 Å². The third kappa shape index (κ3) is 3.82. The highest BCUT2D eigenvalue weighted by molar-refractivity contribution is 5.81. The van der Waals surface area contributed by atoms with Gasteiger partial charge in [-0.3, -0.25) is 4.79 Å². The molecule has 0 saturated heterocycles. The van der Waals surface area contributed by atoms with Crippen molar-refractivity contribution in [3.8, 4) is 0 Å². The first-order chi connectivity index (χ1) is 6.93. The van der Waals surface area contributed by atoms with Gasteiger partial charge in [-0.15, -0.1) is 0 Å². The third-order valence-corrected chi connectivity index (χ3v) is 3.22. The van der Waals surface area contributed by atoms with Crippen LogP contribution >= 0.6 is 0 Å². The predicted molar refractivity (Wildman–Crippen MR) is 62.7 cm³/mol. The van der Waals surface area contributed by atoms with E-state index in [2.05, 4.69) is 17.6 Å². The van der Waals surface area contributed by atoms with E-state index in [1.54, 1.807) is 0 Å². The van der Waals surface area contributed by atoms with Crippen molar-refractivity contribution in [2.45, 2.75) is 59.0 Å². The molecule has 88 valence electrons. The van der Waals surface area contributed by atoms with Gasteiger partial charge in [0.25, 0.3) is 0 Å². The minimum absolute atomic E-state index is 0.0789. The summed E-state index contributed by atoms with van der Waals surface area (Å²) < 4.78 is 0. The fourth-order valence-electron chi connectivity index (χ4n) is 1.86. The minimum Gasteiger partial charge on any atom is -0.353 e. The van der Waals surface area contributed by atoms with Crippen LogP contribution < -0.4 is 10.6 Å². The van der Waals surface area contributed by atoms with Crippen molar-refractivity contribution in [1.29, 1.82) is 0 Å². The number of hydrogen-bond acceptors (Lipinski definition) is 2. The van der Waals surface area contributed by atoms with Crippen molar-refractivity contribution in [2.75, 3.05) is 6.54 Å². The number of carbonyl (C=O) groups excluding carboxylic acids is 1. The molecule has 1 amide bonds. The summed E-state index contributed by atoms with van der Waals surface area (Å²) in [6.07, 6.45) is 3.92. The Morgan fingerprint density at radius 1 is 1.33 bits per heavy atom. The second-order valence-electron chi connectivity index (χ2n) is 5.43. The standard InChI is InChI=1S/C12H24N2O/c1-9(2)14-11(15)10(3)13-8-12(4)6-5-7-12/h9-10,13H,5-8H2,1-4H3,(H,14,15). The number of carbonyl (C=O) groups is 1. The predicted octanol–water partition coefficient (Wildman–Crippen LogP) is 1.68. The van der Waals surface area contributed by atoms with Gasteiger partial charge in [-0.2, -0.15) is 0 Å². The van der Waals surface area contributed by atoms with Gasteiger partial charge in [-0.05, 0) is 39.0 Å². The van der Waals surface area contributed by atoms with Crippen LogP contribution in [0, 0.1) is 5.41 Å². The normalized spacial score (nSPS) is 20.9. The van der Waals surface area contributed by atoms with E-state index in [1.807, 2.05) is 20.8 Å². The lowest BCUT2D eigenvalue weighted by Crippen LogP contribution is -2.48. The Labute approximate surface area is 93.0 Å². The van der Waals surface area contributed by atoms with Crippen LogP contribution in [-0.2, 0) is 4.79 Å². The van der Waals surface area contributed by atoms with E-state index in [-0.39, 0.29) is 18.0 Å². The first-order valence-electron chi connectivity index (χ1n) is 5.97. The average Bonchev–Trinajstić information content (AvgIpc) is 2.10. The van der Waals surface area contributed by atoms with Gasteiger partial charge in [0, 0.05) is 12.6 Å². The molecule has 3 heteroatoms. The zero-order valence-corrected chi connectivity index (χ0v) is 10.4. The van der Waals surface area contributed by atoms with Gasteiger partial charge in [0.1, 0.15) is 0 Å². The molecule has 2 N–H and O–H groups in total. The van der Waals surface area contributed by atoms with Gasteiger partial charge < -0.3 is 10.6 Å². The molecule has 0 aromatic carbocycles. The molecule has 0 radical (unpaired) electrons. The van der Waals surface area contributed by atoms with Gasteiger partial charge in [0.2, 0.25) is 5.91 Å². The molecule has 0 heterocycles. The first-order valence-corrected chi connectivity index (χ1v) is 5.97. The molecule has 1 atom stereocenters. The largest absolute Gasteiger partial charge is 0.353 e. The maximum absolute atomic E-state index is 11.6. The summed E-state index contributed by atoms with van der Waals surface area (Å²) in [7, 11) is 0. The molecule has 0 aromatic rings. The maximum atomic E-state index is 11.6. The maximum Gasteiger partial charge on any atom is 0.237 e. The van der Waals surface area contributed by atoms with E-state index >= 15 is 0 Å². The van der Waals surface area contributed by atoms with Crippen LogP contribution in [0.25, 0.3) is 0 Å². The highest BCUT2D eigenvalue weighted by Crippen LogP contribution is 2.39. The molecule has 1 rings (SSSR count). The van der Waals surface area contributed by atoms with Crippen LogP contribution in [0.15, 0.2) is 0 Å². The van der Waals surface area contributed by atoms with Crippen LogP contribution in [0.2, 0.25) is 0 Å². The Hall–Kier alpha value is -0.570. The molecule has 0 aliphatic heterocycles. The summed E-state index contributed by atoms with van der Waals surface area (Å²) in [6, 6.07) is 0.144. The highest BCUT2D eigenvalue weighted by Gasteiger charge is 2.32. The molecule has 15 heavy (non-hydrogen) atoms. The van der Waals surface area contributed by atoms with Gasteiger partial charge in [-0.1, -0.05) is 13.3 Å². The van der Waals surface area contributed by atoms with Crippen molar-refractivity contribution < 1.29 is 4.79 Å². The molecule has 1 saturated carbocycles. The summed E-state index contributed by atoms with van der Waals surface area (Å²) in [5, 5.41) is 6.23. The number of hydrogen-bond donors (Lipinski definition) is 2. The molecule has 0 spiro atoms. The number of nitrogens with one attached hydrogen (secondary N) is 2. The van der Waals surface area contributed by atoms with Gasteiger partial charge in [0.15, 0.2) is 0 Å². The van der Waals surface area contributed by atoms with E-state index in [9.17, 15) is 4.79 Å². The fourth-order valence-corrected chi connectivity index (χ4v) is 1.86. The van der Waals surface area contributed by atoms with Crippen LogP contribution in [0.1, 0.15) is 47.0 Å².